The Morgan fingerprint density at radius 2 is 1.11 bits per heavy atom. The average Bonchev–Trinajstić information content (AvgIpc) is 2.90. The molecule has 0 aliphatic rings. The molecule has 190 valence electrons. The molecule has 0 radical (unpaired) electrons. The van der Waals surface area contributed by atoms with E-state index >= 15 is 0 Å². The zero-order chi connectivity index (χ0) is 26.5. The van der Waals surface area contributed by atoms with E-state index in [1.807, 2.05) is 6.92 Å². The number of rotatable bonds is 8. The topological polar surface area (TPSA) is 44.8 Å². The molecule has 0 spiro atoms. The third-order valence-electron chi connectivity index (χ3n) is 5.50. The second-order valence-corrected chi connectivity index (χ2v) is 7.83. The van der Waals surface area contributed by atoms with Crippen LogP contribution in [-0.4, -0.2) is 19.2 Å². The lowest BCUT2D eigenvalue weighted by molar-refractivity contribution is 0.0728. The molecule has 0 bridgehead atoms. The molecule has 0 unspecified atom stereocenters. The van der Waals surface area contributed by atoms with Crippen LogP contribution in [0.2, 0.25) is 0 Å². The van der Waals surface area contributed by atoms with Crippen LogP contribution in [-0.2, 0) is 0 Å². The summed E-state index contributed by atoms with van der Waals surface area (Å²) >= 11 is 0. The van der Waals surface area contributed by atoms with Crippen LogP contribution in [0.15, 0.2) is 72.8 Å². The Morgan fingerprint density at radius 3 is 1.62 bits per heavy atom. The van der Waals surface area contributed by atoms with Crippen molar-refractivity contribution in [2.75, 3.05) is 13.2 Å². The van der Waals surface area contributed by atoms with Crippen molar-refractivity contribution >= 4 is 5.97 Å². The largest absolute Gasteiger partial charge is 0.494 e. The van der Waals surface area contributed by atoms with Crippen LogP contribution in [0.5, 0.6) is 17.2 Å². The summed E-state index contributed by atoms with van der Waals surface area (Å²) in [6.07, 6.45) is 0. The molecule has 0 atom stereocenters. The Bertz CT molecular complexity index is 1420. The molecule has 0 amide bonds. The molecule has 0 saturated heterocycles. The third-order valence-corrected chi connectivity index (χ3v) is 5.50. The smallest absolute Gasteiger partial charge is 0.346 e. The van der Waals surface area contributed by atoms with Crippen LogP contribution >= 0.6 is 0 Å². The zero-order valence-corrected chi connectivity index (χ0v) is 20.0. The Morgan fingerprint density at radius 1 is 0.595 bits per heavy atom. The number of carbonyl (C=O) groups is 1. The Hall–Kier alpha value is -4.33. The van der Waals surface area contributed by atoms with Crippen molar-refractivity contribution in [3.05, 3.63) is 102 Å². The molecule has 4 nitrogen and oxygen atoms in total. The SMILES string of the molecule is CCOc1ccc(-c2ccc(-c3ccc(OC(=O)c4ccc(OCC)c(F)c4F)cc3)c(F)c2F)cc1. The van der Waals surface area contributed by atoms with E-state index < -0.39 is 34.8 Å². The summed E-state index contributed by atoms with van der Waals surface area (Å²) in [5.41, 5.74) is 0.312. The van der Waals surface area contributed by atoms with E-state index in [1.54, 1.807) is 31.2 Å². The molecule has 0 aromatic heterocycles. The summed E-state index contributed by atoms with van der Waals surface area (Å²) in [5, 5.41) is 0. The number of carbonyl (C=O) groups excluding carboxylic acids is 1. The second-order valence-electron chi connectivity index (χ2n) is 7.83. The van der Waals surface area contributed by atoms with Gasteiger partial charge in [0.05, 0.1) is 18.8 Å². The number of halogens is 4. The minimum absolute atomic E-state index is 0.00434. The first-order chi connectivity index (χ1) is 17.8. The van der Waals surface area contributed by atoms with Crippen molar-refractivity contribution in [2.45, 2.75) is 13.8 Å². The maximum absolute atomic E-state index is 15.0. The predicted octanol–water partition coefficient (Wildman–Crippen LogP) is 7.59. The van der Waals surface area contributed by atoms with Crippen molar-refractivity contribution in [3.63, 3.8) is 0 Å². The van der Waals surface area contributed by atoms with Crippen LogP contribution < -0.4 is 14.2 Å². The van der Waals surface area contributed by atoms with E-state index in [0.29, 0.717) is 23.5 Å². The van der Waals surface area contributed by atoms with Crippen molar-refractivity contribution in [2.24, 2.45) is 0 Å². The lowest BCUT2D eigenvalue weighted by Gasteiger charge is -2.11. The van der Waals surface area contributed by atoms with E-state index in [-0.39, 0.29) is 29.2 Å². The summed E-state index contributed by atoms with van der Waals surface area (Å²) in [7, 11) is 0. The molecular formula is C29H22F4O4. The van der Waals surface area contributed by atoms with Crippen LogP contribution in [0.1, 0.15) is 24.2 Å². The van der Waals surface area contributed by atoms with Gasteiger partial charge in [0.15, 0.2) is 23.2 Å². The molecule has 0 N–H and O–H groups in total. The van der Waals surface area contributed by atoms with Gasteiger partial charge in [0.25, 0.3) is 0 Å². The van der Waals surface area contributed by atoms with Gasteiger partial charge in [-0.25, -0.2) is 18.0 Å². The molecular weight excluding hydrogens is 488 g/mol. The number of hydrogen-bond acceptors (Lipinski definition) is 4. The summed E-state index contributed by atoms with van der Waals surface area (Å²) in [4.78, 5) is 12.4. The van der Waals surface area contributed by atoms with Gasteiger partial charge in [0.1, 0.15) is 11.5 Å². The van der Waals surface area contributed by atoms with E-state index in [0.717, 1.165) is 12.1 Å². The first kappa shape index (κ1) is 25.8. The van der Waals surface area contributed by atoms with E-state index in [9.17, 15) is 22.4 Å². The van der Waals surface area contributed by atoms with Gasteiger partial charge in [0, 0.05) is 11.1 Å². The Labute approximate surface area is 211 Å². The zero-order valence-electron chi connectivity index (χ0n) is 20.0. The maximum Gasteiger partial charge on any atom is 0.346 e. The van der Waals surface area contributed by atoms with E-state index in [4.69, 9.17) is 14.2 Å². The lowest BCUT2D eigenvalue weighted by atomic mass is 9.98. The average molecular weight is 510 g/mol. The number of hydrogen-bond donors (Lipinski definition) is 0. The monoisotopic (exact) mass is 510 g/mol. The highest BCUT2D eigenvalue weighted by molar-refractivity contribution is 5.91. The molecule has 0 fully saturated rings. The number of benzene rings is 4. The maximum atomic E-state index is 15.0. The highest BCUT2D eigenvalue weighted by Gasteiger charge is 2.21. The minimum Gasteiger partial charge on any atom is -0.494 e. The molecule has 4 rings (SSSR count). The van der Waals surface area contributed by atoms with Gasteiger partial charge in [-0.2, -0.15) is 4.39 Å². The first-order valence-electron chi connectivity index (χ1n) is 11.5. The van der Waals surface area contributed by atoms with Crippen molar-refractivity contribution < 1.29 is 36.6 Å². The lowest BCUT2D eigenvalue weighted by Crippen LogP contribution is -2.12. The molecule has 0 heterocycles. The summed E-state index contributed by atoms with van der Waals surface area (Å²) in [6, 6.07) is 17.3. The highest BCUT2D eigenvalue weighted by Crippen LogP contribution is 2.33. The Balaban J connectivity index is 1.52. The fourth-order valence-corrected chi connectivity index (χ4v) is 3.71. The molecule has 37 heavy (non-hydrogen) atoms. The normalized spacial score (nSPS) is 10.8. The number of esters is 1. The van der Waals surface area contributed by atoms with Crippen LogP contribution in [0.3, 0.4) is 0 Å². The predicted molar refractivity (Wildman–Crippen MR) is 131 cm³/mol. The first-order valence-corrected chi connectivity index (χ1v) is 11.5. The van der Waals surface area contributed by atoms with Gasteiger partial charge in [0.2, 0.25) is 5.82 Å². The van der Waals surface area contributed by atoms with Gasteiger partial charge in [-0.1, -0.05) is 36.4 Å². The quantitative estimate of drug-likeness (QED) is 0.139. The molecule has 4 aromatic rings. The molecule has 4 aromatic carbocycles. The van der Waals surface area contributed by atoms with Crippen LogP contribution in [0.4, 0.5) is 17.6 Å². The fourth-order valence-electron chi connectivity index (χ4n) is 3.71. The van der Waals surface area contributed by atoms with E-state index in [2.05, 4.69) is 0 Å². The van der Waals surface area contributed by atoms with Crippen molar-refractivity contribution in [1.29, 1.82) is 0 Å². The number of ether oxygens (including phenoxy) is 3. The molecule has 0 aliphatic carbocycles. The second kappa shape index (κ2) is 11.2. The van der Waals surface area contributed by atoms with Crippen LogP contribution in [0.25, 0.3) is 22.3 Å². The summed E-state index contributed by atoms with van der Waals surface area (Å²) in [6.45, 7) is 4.08. The highest BCUT2D eigenvalue weighted by atomic mass is 19.2. The van der Waals surface area contributed by atoms with Gasteiger partial charge in [-0.3, -0.25) is 0 Å². The summed E-state index contributed by atoms with van der Waals surface area (Å²) < 4.78 is 73.7. The van der Waals surface area contributed by atoms with E-state index in [1.165, 1.54) is 36.4 Å². The summed E-state index contributed by atoms with van der Waals surface area (Å²) in [5.74, 6) is -5.54. The van der Waals surface area contributed by atoms with Gasteiger partial charge in [-0.05, 0) is 61.4 Å². The minimum atomic E-state index is -1.39. The van der Waals surface area contributed by atoms with Crippen LogP contribution in [0, 0.1) is 23.3 Å². The van der Waals surface area contributed by atoms with Gasteiger partial charge in [-0.15, -0.1) is 0 Å². The third kappa shape index (κ3) is 5.43. The van der Waals surface area contributed by atoms with Crippen molar-refractivity contribution in [3.8, 4) is 39.5 Å². The van der Waals surface area contributed by atoms with Gasteiger partial charge >= 0.3 is 5.97 Å². The standard InChI is InChI=1S/C29H22F4O4/c1-3-35-19-9-5-17(6-10-19)21-13-14-22(26(31)25(21)30)18-7-11-20(12-8-18)37-29(34)23-15-16-24(36-4-2)28(33)27(23)32/h5-16H,3-4H2,1-2H3. The Kier molecular flexibility index (Phi) is 7.77. The fraction of sp³-hybridized carbons (Fsp3) is 0.138. The van der Waals surface area contributed by atoms with Gasteiger partial charge < -0.3 is 14.2 Å². The molecule has 0 aliphatic heterocycles. The molecule has 0 saturated carbocycles. The van der Waals surface area contributed by atoms with Crippen molar-refractivity contribution in [1.82, 2.24) is 0 Å². The molecule has 8 heteroatoms.